The van der Waals surface area contributed by atoms with E-state index in [0.29, 0.717) is 18.4 Å². The molecule has 37 heavy (non-hydrogen) atoms. The maximum absolute atomic E-state index is 13.0. The van der Waals surface area contributed by atoms with Gasteiger partial charge in [0.2, 0.25) is 5.91 Å². The Labute approximate surface area is 229 Å². The molecule has 1 aliphatic heterocycles. The molecule has 0 spiro atoms. The third kappa shape index (κ3) is 8.17. The number of benzene rings is 1. The van der Waals surface area contributed by atoms with Crippen molar-refractivity contribution in [1.82, 2.24) is 20.5 Å². The van der Waals surface area contributed by atoms with Crippen LogP contribution in [0.2, 0.25) is 0 Å². The maximum atomic E-state index is 13.0. The van der Waals surface area contributed by atoms with Gasteiger partial charge in [-0.25, -0.2) is 4.98 Å². The molecule has 1 saturated carbocycles. The van der Waals surface area contributed by atoms with Gasteiger partial charge in [-0.1, -0.05) is 38.3 Å². The summed E-state index contributed by atoms with van der Waals surface area (Å²) >= 11 is 3.51. The van der Waals surface area contributed by atoms with Crippen molar-refractivity contribution in [3.8, 4) is 11.3 Å². The van der Waals surface area contributed by atoms with Crippen molar-refractivity contribution in [2.24, 2.45) is 0 Å². The van der Waals surface area contributed by atoms with Gasteiger partial charge >= 0.3 is 0 Å². The van der Waals surface area contributed by atoms with E-state index in [1.165, 1.54) is 5.75 Å². The van der Waals surface area contributed by atoms with Gasteiger partial charge in [-0.3, -0.25) is 9.59 Å². The molecule has 0 bridgehead atoms. The summed E-state index contributed by atoms with van der Waals surface area (Å²) in [6.07, 6.45) is 6.17. The number of carbonyl (C=O) groups excluding carboxylic acids is 2. The number of anilines is 1. The first-order chi connectivity index (χ1) is 17.9. The Bertz CT molecular complexity index is 982. The van der Waals surface area contributed by atoms with E-state index in [1.807, 2.05) is 23.9 Å². The highest BCUT2D eigenvalue weighted by Gasteiger charge is 2.40. The predicted octanol–water partition coefficient (Wildman–Crippen LogP) is 3.47. The summed E-state index contributed by atoms with van der Waals surface area (Å²) in [4.78, 5) is 35.3. The van der Waals surface area contributed by atoms with Crippen molar-refractivity contribution in [2.75, 3.05) is 63.3 Å². The Morgan fingerprint density at radius 1 is 1.11 bits per heavy atom. The van der Waals surface area contributed by atoms with Crippen LogP contribution in [0.3, 0.4) is 0 Å². The number of hydrogen-bond acceptors (Lipinski definition) is 8. The molecule has 10 heteroatoms. The zero-order valence-electron chi connectivity index (χ0n) is 22.3. The number of nitrogens with one attached hydrogen (secondary N) is 2. The third-order valence-corrected chi connectivity index (χ3v) is 8.37. The van der Waals surface area contributed by atoms with E-state index in [4.69, 9.17) is 10.1 Å². The van der Waals surface area contributed by atoms with Gasteiger partial charge in [0, 0.05) is 49.2 Å². The molecule has 2 aromatic rings. The summed E-state index contributed by atoms with van der Waals surface area (Å²) in [7, 11) is 2.14. The Kier molecular flexibility index (Phi) is 11.7. The SMILES string of the molecule is CCSC.CN1CCN(c2nc(-c3ccc(C(=O)NC4(C(=O)NCCO)CCCCC4)cc3)cs2)CC1. The van der Waals surface area contributed by atoms with Crippen molar-refractivity contribution in [3.63, 3.8) is 0 Å². The molecule has 8 nitrogen and oxygen atoms in total. The van der Waals surface area contributed by atoms with E-state index in [1.54, 1.807) is 23.5 Å². The molecule has 2 fully saturated rings. The van der Waals surface area contributed by atoms with Gasteiger partial charge in [-0.15, -0.1) is 11.3 Å². The average molecular weight is 548 g/mol. The molecule has 1 aromatic heterocycles. The first-order valence-electron chi connectivity index (χ1n) is 13.1. The molecule has 1 aliphatic carbocycles. The minimum absolute atomic E-state index is 0.121. The Balaban J connectivity index is 0.000000886. The van der Waals surface area contributed by atoms with Gasteiger partial charge in [0.15, 0.2) is 5.13 Å². The predicted molar refractivity (Wildman–Crippen MR) is 155 cm³/mol. The van der Waals surface area contributed by atoms with E-state index in [9.17, 15) is 9.59 Å². The lowest BCUT2D eigenvalue weighted by Gasteiger charge is -2.36. The standard InChI is InChI=1S/C24H33N5O3S.C3H8S/c1-28-12-14-29(15-13-28)23-26-20(17-33-23)18-5-7-19(8-6-18)21(31)27-24(9-3-2-4-10-24)22(32)25-11-16-30;1-3-4-2/h5-8,17,30H,2-4,9-16H2,1H3,(H,25,32)(H,27,31);3H2,1-2H3. The number of rotatable bonds is 8. The second-order valence-corrected chi connectivity index (χ2v) is 11.5. The summed E-state index contributed by atoms with van der Waals surface area (Å²) in [6, 6.07) is 7.41. The summed E-state index contributed by atoms with van der Waals surface area (Å²) < 4.78 is 0. The van der Waals surface area contributed by atoms with E-state index in [-0.39, 0.29) is 25.0 Å². The number of carbonyl (C=O) groups is 2. The number of likely N-dealkylation sites (N-methyl/N-ethyl adjacent to an activating group) is 1. The zero-order chi connectivity index (χ0) is 26.7. The summed E-state index contributed by atoms with van der Waals surface area (Å²) in [5.41, 5.74) is 1.49. The quantitative estimate of drug-likeness (QED) is 0.466. The summed E-state index contributed by atoms with van der Waals surface area (Å²) in [6.45, 7) is 6.26. The number of aromatic nitrogens is 1. The fourth-order valence-electron chi connectivity index (χ4n) is 4.52. The van der Waals surface area contributed by atoms with Gasteiger partial charge in [0.25, 0.3) is 5.91 Å². The van der Waals surface area contributed by atoms with Crippen LogP contribution in [0, 0.1) is 0 Å². The number of thioether (sulfide) groups is 1. The number of aliphatic hydroxyl groups excluding tert-OH is 1. The minimum atomic E-state index is -0.907. The minimum Gasteiger partial charge on any atom is -0.395 e. The maximum Gasteiger partial charge on any atom is 0.252 e. The topological polar surface area (TPSA) is 97.8 Å². The van der Waals surface area contributed by atoms with Gasteiger partial charge in [-0.05, 0) is 44.0 Å². The first-order valence-corrected chi connectivity index (χ1v) is 15.4. The van der Waals surface area contributed by atoms with Crippen molar-refractivity contribution in [1.29, 1.82) is 0 Å². The molecule has 0 atom stereocenters. The summed E-state index contributed by atoms with van der Waals surface area (Å²) in [5, 5.41) is 17.9. The van der Waals surface area contributed by atoms with Crippen LogP contribution in [0.15, 0.2) is 29.6 Å². The lowest BCUT2D eigenvalue weighted by Crippen LogP contribution is -2.60. The molecular formula is C27H41N5O3S2. The fraction of sp³-hybridized carbons (Fsp3) is 0.593. The lowest BCUT2D eigenvalue weighted by molar-refractivity contribution is -0.128. The average Bonchev–Trinajstić information content (AvgIpc) is 3.43. The molecule has 1 aromatic carbocycles. The van der Waals surface area contributed by atoms with E-state index in [2.05, 4.69) is 46.0 Å². The van der Waals surface area contributed by atoms with Crippen molar-refractivity contribution < 1.29 is 14.7 Å². The molecule has 204 valence electrons. The van der Waals surface area contributed by atoms with Crippen LogP contribution in [0.5, 0.6) is 0 Å². The highest BCUT2D eigenvalue weighted by molar-refractivity contribution is 7.98. The number of nitrogens with zero attached hydrogens (tertiary/aromatic N) is 3. The number of thiazole rings is 1. The van der Waals surface area contributed by atoms with E-state index < -0.39 is 5.54 Å². The summed E-state index contributed by atoms with van der Waals surface area (Å²) in [5.74, 6) is 0.777. The van der Waals surface area contributed by atoms with Gasteiger partial charge in [0.1, 0.15) is 5.54 Å². The van der Waals surface area contributed by atoms with Crippen molar-refractivity contribution >= 4 is 40.0 Å². The van der Waals surface area contributed by atoms with Crippen LogP contribution in [-0.2, 0) is 4.79 Å². The largest absolute Gasteiger partial charge is 0.395 e. The third-order valence-electron chi connectivity index (χ3n) is 6.89. The fourth-order valence-corrected chi connectivity index (χ4v) is 5.41. The van der Waals surface area contributed by atoms with Crippen molar-refractivity contribution in [2.45, 2.75) is 44.6 Å². The Morgan fingerprint density at radius 2 is 1.76 bits per heavy atom. The normalized spacial score (nSPS) is 17.5. The molecule has 0 radical (unpaired) electrons. The Hall–Kier alpha value is -2.14. The molecule has 3 N–H and O–H groups in total. The highest BCUT2D eigenvalue weighted by Crippen LogP contribution is 2.30. The number of piperazine rings is 1. The van der Waals surface area contributed by atoms with Crippen LogP contribution in [-0.4, -0.2) is 90.7 Å². The van der Waals surface area contributed by atoms with Gasteiger partial charge in [0.05, 0.1) is 12.3 Å². The van der Waals surface area contributed by atoms with Gasteiger partial charge in [-0.2, -0.15) is 11.8 Å². The van der Waals surface area contributed by atoms with Crippen LogP contribution < -0.4 is 15.5 Å². The molecule has 4 rings (SSSR count). The van der Waals surface area contributed by atoms with Crippen LogP contribution >= 0.6 is 23.1 Å². The van der Waals surface area contributed by atoms with Crippen LogP contribution in [0.25, 0.3) is 11.3 Å². The number of aliphatic hydroxyl groups is 1. The second kappa shape index (κ2) is 14.7. The van der Waals surface area contributed by atoms with Crippen LogP contribution in [0.4, 0.5) is 5.13 Å². The number of amides is 2. The monoisotopic (exact) mass is 547 g/mol. The second-order valence-electron chi connectivity index (χ2n) is 9.54. The van der Waals surface area contributed by atoms with Crippen molar-refractivity contribution in [3.05, 3.63) is 35.2 Å². The molecule has 0 unspecified atom stereocenters. The zero-order valence-corrected chi connectivity index (χ0v) is 23.9. The van der Waals surface area contributed by atoms with E-state index >= 15 is 0 Å². The molecule has 1 saturated heterocycles. The highest BCUT2D eigenvalue weighted by atomic mass is 32.2. The lowest BCUT2D eigenvalue weighted by atomic mass is 9.80. The molecule has 2 aliphatic rings. The molecular weight excluding hydrogens is 506 g/mol. The van der Waals surface area contributed by atoms with E-state index in [0.717, 1.165) is 61.8 Å². The molecule has 2 heterocycles. The molecule has 2 amide bonds. The number of hydrogen-bond donors (Lipinski definition) is 3. The van der Waals surface area contributed by atoms with Crippen LogP contribution in [0.1, 0.15) is 49.4 Å². The Morgan fingerprint density at radius 3 is 2.35 bits per heavy atom. The smallest absolute Gasteiger partial charge is 0.252 e. The first kappa shape index (κ1) is 29.4. The van der Waals surface area contributed by atoms with Gasteiger partial charge < -0.3 is 25.5 Å².